The normalized spacial score (nSPS) is 56.8. The van der Waals surface area contributed by atoms with Gasteiger partial charge in [0.2, 0.25) is 0 Å². The Hall–Kier alpha value is 0.200. The summed E-state index contributed by atoms with van der Waals surface area (Å²) < 4.78 is 5.90. The van der Waals surface area contributed by atoms with Crippen LogP contribution in [-0.2, 0) is 9.53 Å². The maximum atomic E-state index is 10.7. The maximum Gasteiger partial charge on any atom is 0.293 e. The zero-order chi connectivity index (χ0) is 10.7. The molecular weight excluding hydrogens is 303 g/mol. The van der Waals surface area contributed by atoms with Gasteiger partial charge in [-0.25, -0.2) is 0 Å². The Kier molecular flexibility index (Phi) is 2.00. The van der Waals surface area contributed by atoms with Gasteiger partial charge in [0, 0.05) is 9.84 Å². The van der Waals surface area contributed by atoms with Crippen LogP contribution in [0.2, 0.25) is 0 Å². The number of ether oxygens (including phenoxy) is 1. The smallest absolute Gasteiger partial charge is 0.293 e. The second-order valence-corrected chi connectivity index (χ2v) is 8.66. The van der Waals surface area contributed by atoms with Crippen molar-refractivity contribution < 1.29 is 9.53 Å². The summed E-state index contributed by atoms with van der Waals surface area (Å²) in [6.07, 6.45) is 7.31. The SMILES string of the molecule is CC12CC3CC(I)(C1)CC(OC=O)(C3)C2. The van der Waals surface area contributed by atoms with Crippen molar-refractivity contribution in [3.05, 3.63) is 0 Å². The molecule has 15 heavy (non-hydrogen) atoms. The summed E-state index contributed by atoms with van der Waals surface area (Å²) in [7, 11) is 0. The predicted molar refractivity (Wildman–Crippen MR) is 65.9 cm³/mol. The van der Waals surface area contributed by atoms with Crippen LogP contribution < -0.4 is 0 Å². The highest BCUT2D eigenvalue weighted by atomic mass is 127. The molecule has 0 spiro atoms. The average Bonchev–Trinajstić information content (AvgIpc) is 1.94. The van der Waals surface area contributed by atoms with Crippen molar-refractivity contribution in [3.8, 4) is 0 Å². The van der Waals surface area contributed by atoms with Crippen LogP contribution in [0.4, 0.5) is 0 Å². The summed E-state index contributed by atoms with van der Waals surface area (Å²) >= 11 is 2.63. The first-order chi connectivity index (χ1) is 6.97. The van der Waals surface area contributed by atoms with Gasteiger partial charge in [0.15, 0.2) is 0 Å². The summed E-state index contributed by atoms with van der Waals surface area (Å²) in [6.45, 7) is 3.06. The first-order valence-corrected chi connectivity index (χ1v) is 6.85. The second kappa shape index (κ2) is 2.90. The summed E-state index contributed by atoms with van der Waals surface area (Å²) in [5.74, 6) is 0.795. The van der Waals surface area contributed by atoms with E-state index < -0.39 is 0 Å². The number of halogens is 1. The van der Waals surface area contributed by atoms with Crippen LogP contribution in [0.3, 0.4) is 0 Å². The Bertz CT molecular complexity index is 297. The Morgan fingerprint density at radius 3 is 2.67 bits per heavy atom. The Morgan fingerprint density at radius 1 is 1.27 bits per heavy atom. The predicted octanol–water partition coefficient (Wildman–Crippen LogP) is 3.08. The highest BCUT2D eigenvalue weighted by Gasteiger charge is 2.62. The van der Waals surface area contributed by atoms with E-state index in [0.717, 1.165) is 25.2 Å². The van der Waals surface area contributed by atoms with Crippen molar-refractivity contribution in [1.29, 1.82) is 0 Å². The summed E-state index contributed by atoms with van der Waals surface area (Å²) in [4.78, 5) is 10.7. The average molecular weight is 320 g/mol. The molecular formula is C12H17IO2. The summed E-state index contributed by atoms with van der Waals surface area (Å²) in [5, 5.41) is 0. The first kappa shape index (κ1) is 10.4. The zero-order valence-electron chi connectivity index (χ0n) is 9.09. The van der Waals surface area contributed by atoms with Crippen molar-refractivity contribution in [3.63, 3.8) is 0 Å². The van der Waals surface area contributed by atoms with E-state index in [1.807, 2.05) is 0 Å². The highest BCUT2D eigenvalue weighted by Crippen LogP contribution is 2.66. The molecule has 4 atom stereocenters. The molecule has 4 bridgehead atoms. The molecule has 0 aromatic heterocycles. The second-order valence-electron chi connectivity index (χ2n) is 6.37. The van der Waals surface area contributed by atoms with Crippen LogP contribution in [0.5, 0.6) is 0 Å². The molecule has 4 aliphatic rings. The lowest BCUT2D eigenvalue weighted by Crippen LogP contribution is -2.61. The number of alkyl halides is 1. The third kappa shape index (κ3) is 1.53. The van der Waals surface area contributed by atoms with Crippen LogP contribution in [-0.4, -0.2) is 15.5 Å². The third-order valence-corrected chi connectivity index (χ3v) is 5.73. The Balaban J connectivity index is 1.98. The zero-order valence-corrected chi connectivity index (χ0v) is 11.2. The molecule has 0 heterocycles. The van der Waals surface area contributed by atoms with Gasteiger partial charge >= 0.3 is 0 Å². The molecule has 0 aliphatic heterocycles. The van der Waals surface area contributed by atoms with E-state index in [2.05, 4.69) is 29.5 Å². The van der Waals surface area contributed by atoms with Crippen molar-refractivity contribution >= 4 is 29.1 Å². The first-order valence-electron chi connectivity index (χ1n) is 5.77. The van der Waals surface area contributed by atoms with Crippen molar-refractivity contribution in [2.24, 2.45) is 11.3 Å². The lowest BCUT2D eigenvalue weighted by molar-refractivity contribution is -0.179. The van der Waals surface area contributed by atoms with Gasteiger partial charge in [-0.1, -0.05) is 29.5 Å². The monoisotopic (exact) mass is 320 g/mol. The topological polar surface area (TPSA) is 26.3 Å². The quantitative estimate of drug-likeness (QED) is 0.444. The number of rotatable bonds is 2. The molecule has 4 unspecified atom stereocenters. The minimum atomic E-state index is -0.100. The largest absolute Gasteiger partial charge is 0.461 e. The Labute approximate surface area is 104 Å². The fourth-order valence-electron chi connectivity index (χ4n) is 4.93. The van der Waals surface area contributed by atoms with Gasteiger partial charge in [0.05, 0.1) is 0 Å². The van der Waals surface area contributed by atoms with E-state index in [0.29, 0.717) is 15.3 Å². The molecule has 0 N–H and O–H groups in total. The molecule has 4 rings (SSSR count). The fourth-order valence-corrected chi connectivity index (χ4v) is 7.17. The van der Waals surface area contributed by atoms with Crippen molar-refractivity contribution in [2.75, 3.05) is 0 Å². The third-order valence-electron chi connectivity index (χ3n) is 4.53. The molecule has 0 aromatic carbocycles. The van der Waals surface area contributed by atoms with Gasteiger partial charge in [-0.2, -0.15) is 0 Å². The van der Waals surface area contributed by atoms with Crippen LogP contribution in [0.1, 0.15) is 45.4 Å². The van der Waals surface area contributed by atoms with Crippen molar-refractivity contribution in [2.45, 2.75) is 54.5 Å². The lowest BCUT2D eigenvalue weighted by atomic mass is 9.48. The maximum absolute atomic E-state index is 10.7. The number of hydrogen-bond acceptors (Lipinski definition) is 2. The van der Waals surface area contributed by atoms with Gasteiger partial charge in [0.25, 0.3) is 6.47 Å². The molecule has 2 nitrogen and oxygen atoms in total. The van der Waals surface area contributed by atoms with E-state index in [9.17, 15) is 4.79 Å². The van der Waals surface area contributed by atoms with Gasteiger partial charge in [-0.15, -0.1) is 0 Å². The number of carbonyl (C=O) groups excluding carboxylic acids is 1. The molecule has 4 saturated carbocycles. The van der Waals surface area contributed by atoms with E-state index in [1.165, 1.54) is 19.3 Å². The highest BCUT2D eigenvalue weighted by molar-refractivity contribution is 14.1. The van der Waals surface area contributed by atoms with Gasteiger partial charge in [-0.05, 0) is 43.4 Å². The summed E-state index contributed by atoms with van der Waals surface area (Å²) in [5.41, 5.74) is 0.334. The Morgan fingerprint density at radius 2 is 2.07 bits per heavy atom. The number of carbonyl (C=O) groups is 1. The van der Waals surface area contributed by atoms with E-state index in [-0.39, 0.29) is 5.60 Å². The van der Waals surface area contributed by atoms with Crippen LogP contribution in [0.15, 0.2) is 0 Å². The lowest BCUT2D eigenvalue weighted by Gasteiger charge is -2.63. The van der Waals surface area contributed by atoms with Crippen LogP contribution in [0.25, 0.3) is 0 Å². The molecule has 4 fully saturated rings. The van der Waals surface area contributed by atoms with Gasteiger partial charge in [0.1, 0.15) is 5.60 Å². The molecule has 0 radical (unpaired) electrons. The standard InChI is InChI=1S/C12H17IO2/c1-10-2-9-3-11(13,5-10)7-12(4-9,6-10)15-8-14/h8-9H,2-7H2,1H3. The molecule has 0 saturated heterocycles. The number of hydrogen-bond donors (Lipinski definition) is 0. The van der Waals surface area contributed by atoms with Crippen LogP contribution >= 0.6 is 22.6 Å². The minimum Gasteiger partial charge on any atom is -0.461 e. The minimum absolute atomic E-state index is 0.100. The van der Waals surface area contributed by atoms with E-state index in [1.54, 1.807) is 0 Å². The summed E-state index contributed by atoms with van der Waals surface area (Å²) in [6, 6.07) is 0. The van der Waals surface area contributed by atoms with E-state index >= 15 is 0 Å². The van der Waals surface area contributed by atoms with E-state index in [4.69, 9.17) is 4.74 Å². The fraction of sp³-hybridized carbons (Fsp3) is 0.917. The molecule has 4 aliphatic carbocycles. The van der Waals surface area contributed by atoms with Crippen molar-refractivity contribution in [1.82, 2.24) is 0 Å². The molecule has 84 valence electrons. The van der Waals surface area contributed by atoms with Gasteiger partial charge < -0.3 is 4.74 Å². The molecule has 0 aromatic rings. The van der Waals surface area contributed by atoms with Crippen LogP contribution in [0, 0.1) is 11.3 Å². The molecule has 0 amide bonds. The molecule has 3 heteroatoms. The van der Waals surface area contributed by atoms with Gasteiger partial charge in [-0.3, -0.25) is 4.79 Å².